The fourth-order valence-electron chi connectivity index (χ4n) is 13.2. The van der Waals surface area contributed by atoms with Gasteiger partial charge in [-0.2, -0.15) is 0 Å². The number of esters is 4. The summed E-state index contributed by atoms with van der Waals surface area (Å²) in [5, 5.41) is 10.6. The zero-order valence-electron chi connectivity index (χ0n) is 67.3. The lowest BCUT2D eigenvalue weighted by molar-refractivity contribution is -0.161. The molecular weight excluding hydrogens is 1340 g/mol. The van der Waals surface area contributed by atoms with Gasteiger partial charge in [0.05, 0.1) is 26.4 Å². The molecule has 0 aliphatic carbocycles. The normalized spacial score (nSPS) is 13.7. The Kier molecular flexibility index (Phi) is 76.7. The number of unbranched alkanes of at least 4 members (excludes halogenated alkanes) is 59. The molecule has 0 fully saturated rings. The Morgan fingerprint density at radius 2 is 0.388 bits per heavy atom. The fraction of sp³-hybridized carbons (Fsp3) is 0.952. The first-order chi connectivity index (χ1) is 50.2. The van der Waals surface area contributed by atoms with Crippen LogP contribution in [-0.2, 0) is 65.4 Å². The SMILES string of the molecule is CCCCCCCCCCCCCCCCCCCCCCCC(=O)OC[C@H](COP(=O)(O)OC[C@@H](O)COP(=O)(O)OC[C@@H](COC(=O)CCCCCCCCC)OC(=O)CCCCCCCCCCCCCCCC)OC(=O)CCCCCCCCCCCCCCCCCCCCCCC. The number of hydrogen-bond acceptors (Lipinski definition) is 15. The average Bonchev–Trinajstić information content (AvgIpc) is 0.963. The molecule has 2 unspecified atom stereocenters. The number of carbonyl (C=O) groups excluding carboxylic acids is 4. The van der Waals surface area contributed by atoms with Crippen LogP contribution in [0.15, 0.2) is 0 Å². The van der Waals surface area contributed by atoms with Crippen molar-refractivity contribution in [3.63, 3.8) is 0 Å². The van der Waals surface area contributed by atoms with Gasteiger partial charge in [-0.3, -0.25) is 37.3 Å². The molecule has 0 aromatic rings. The topological polar surface area (TPSA) is 237 Å². The van der Waals surface area contributed by atoms with Crippen molar-refractivity contribution < 1.29 is 80.2 Å². The molecule has 0 amide bonds. The molecule has 0 aliphatic rings. The van der Waals surface area contributed by atoms with Gasteiger partial charge < -0.3 is 33.8 Å². The lowest BCUT2D eigenvalue weighted by atomic mass is 10.0. The second-order valence-corrected chi connectivity index (χ2v) is 33.1. The van der Waals surface area contributed by atoms with Gasteiger partial charge in [0.15, 0.2) is 12.2 Å². The first-order valence-corrected chi connectivity index (χ1v) is 46.8. The Labute approximate surface area is 632 Å². The number of hydrogen-bond donors (Lipinski definition) is 3. The standard InChI is InChI=1S/C84H164O17P2/c1-5-9-13-17-21-24-27-30-33-35-37-39-41-43-45-48-50-53-57-61-65-69-82(87)95-75-80(101-84(89)71-67-63-59-55-52-49-46-44-42-40-38-36-34-31-28-25-22-18-14-10-6-2)77-99-103(92,93)97-73-78(85)72-96-102(90,91)98-76-79(74-94-81(86)68-64-60-56-20-16-12-8-4)100-83(88)70-66-62-58-54-51-47-32-29-26-23-19-15-11-7-3/h78-80,85H,5-77H2,1-4H3,(H,90,91)(H,92,93)/t78-,79+,80+/m0/s1. The van der Waals surface area contributed by atoms with Crippen molar-refractivity contribution in [1.29, 1.82) is 0 Å². The predicted octanol–water partition coefficient (Wildman–Crippen LogP) is 25.7. The van der Waals surface area contributed by atoms with Gasteiger partial charge in [0, 0.05) is 25.7 Å². The van der Waals surface area contributed by atoms with Crippen LogP contribution in [0.25, 0.3) is 0 Å². The highest BCUT2D eigenvalue weighted by Gasteiger charge is 2.30. The third-order valence-corrected chi connectivity index (χ3v) is 21.8. The molecule has 0 saturated heterocycles. The van der Waals surface area contributed by atoms with Gasteiger partial charge >= 0.3 is 39.5 Å². The van der Waals surface area contributed by atoms with Gasteiger partial charge in [0.1, 0.15) is 19.3 Å². The number of carbonyl (C=O) groups is 4. The van der Waals surface area contributed by atoms with E-state index in [1.54, 1.807) is 0 Å². The quantitative estimate of drug-likeness (QED) is 0.0222. The molecule has 0 heterocycles. The van der Waals surface area contributed by atoms with Crippen molar-refractivity contribution in [3.8, 4) is 0 Å². The van der Waals surface area contributed by atoms with Gasteiger partial charge in [-0.05, 0) is 25.7 Å². The van der Waals surface area contributed by atoms with Crippen LogP contribution in [0, 0.1) is 0 Å². The lowest BCUT2D eigenvalue weighted by Crippen LogP contribution is -2.30. The number of ether oxygens (including phenoxy) is 4. The van der Waals surface area contributed by atoms with Crippen LogP contribution in [0.3, 0.4) is 0 Å². The maximum Gasteiger partial charge on any atom is 0.472 e. The number of aliphatic hydroxyl groups is 1. The molecule has 0 aromatic heterocycles. The molecule has 0 saturated carbocycles. The van der Waals surface area contributed by atoms with Gasteiger partial charge in [0.25, 0.3) is 0 Å². The second kappa shape index (κ2) is 78.2. The summed E-state index contributed by atoms with van der Waals surface area (Å²) in [7, 11) is -9.91. The first-order valence-electron chi connectivity index (χ1n) is 43.8. The van der Waals surface area contributed by atoms with E-state index in [1.165, 1.54) is 276 Å². The van der Waals surface area contributed by atoms with Crippen molar-refractivity contribution >= 4 is 39.5 Å². The van der Waals surface area contributed by atoms with E-state index in [0.29, 0.717) is 25.7 Å². The Hall–Kier alpha value is -1.94. The van der Waals surface area contributed by atoms with Crippen LogP contribution in [0.1, 0.15) is 458 Å². The van der Waals surface area contributed by atoms with E-state index in [0.717, 1.165) is 103 Å². The van der Waals surface area contributed by atoms with E-state index >= 15 is 0 Å². The first kappa shape index (κ1) is 101. The van der Waals surface area contributed by atoms with E-state index in [1.807, 2.05) is 0 Å². The largest absolute Gasteiger partial charge is 0.472 e. The highest BCUT2D eigenvalue weighted by molar-refractivity contribution is 7.47. The summed E-state index contributed by atoms with van der Waals surface area (Å²) in [6.07, 6.45) is 72.5. The smallest absolute Gasteiger partial charge is 0.462 e. The van der Waals surface area contributed by atoms with E-state index in [4.69, 9.17) is 37.0 Å². The summed E-state index contributed by atoms with van der Waals surface area (Å²) < 4.78 is 68.7. The minimum absolute atomic E-state index is 0.108. The average molecular weight is 1510 g/mol. The second-order valence-electron chi connectivity index (χ2n) is 30.2. The molecule has 0 aromatic carbocycles. The lowest BCUT2D eigenvalue weighted by Gasteiger charge is -2.21. The van der Waals surface area contributed by atoms with E-state index in [-0.39, 0.29) is 25.7 Å². The molecule has 612 valence electrons. The van der Waals surface area contributed by atoms with Crippen molar-refractivity contribution in [3.05, 3.63) is 0 Å². The Morgan fingerprint density at radius 3 is 0.573 bits per heavy atom. The van der Waals surface area contributed by atoms with Crippen molar-refractivity contribution in [2.45, 2.75) is 476 Å². The fourth-order valence-corrected chi connectivity index (χ4v) is 14.7. The zero-order valence-corrected chi connectivity index (χ0v) is 69.1. The summed E-state index contributed by atoms with van der Waals surface area (Å²) in [5.74, 6) is -2.11. The molecule has 0 radical (unpaired) electrons. The van der Waals surface area contributed by atoms with E-state index < -0.39 is 97.5 Å². The molecule has 19 heteroatoms. The van der Waals surface area contributed by atoms with Gasteiger partial charge in [0.2, 0.25) is 0 Å². The minimum Gasteiger partial charge on any atom is -0.462 e. The molecule has 3 N–H and O–H groups in total. The summed E-state index contributed by atoms with van der Waals surface area (Å²) in [6.45, 7) is 5.00. The molecule has 103 heavy (non-hydrogen) atoms. The third kappa shape index (κ3) is 78.0. The number of phosphoric ester groups is 2. The van der Waals surface area contributed by atoms with Crippen molar-refractivity contribution in [2.75, 3.05) is 39.6 Å². The number of phosphoric acid groups is 2. The van der Waals surface area contributed by atoms with Crippen LogP contribution in [-0.4, -0.2) is 96.7 Å². The summed E-state index contributed by atoms with van der Waals surface area (Å²) in [4.78, 5) is 73.0. The maximum atomic E-state index is 13.1. The van der Waals surface area contributed by atoms with Crippen LogP contribution in [0.2, 0.25) is 0 Å². The van der Waals surface area contributed by atoms with Crippen molar-refractivity contribution in [2.24, 2.45) is 0 Å². The Bertz CT molecular complexity index is 1950. The van der Waals surface area contributed by atoms with Gasteiger partial charge in [-0.1, -0.05) is 407 Å². The third-order valence-electron chi connectivity index (χ3n) is 19.9. The highest BCUT2D eigenvalue weighted by atomic mass is 31.2. The predicted molar refractivity (Wildman–Crippen MR) is 423 cm³/mol. The minimum atomic E-state index is -4.96. The zero-order chi connectivity index (χ0) is 75.3. The molecular formula is C84H164O17P2. The monoisotopic (exact) mass is 1510 g/mol. The summed E-state index contributed by atoms with van der Waals surface area (Å²) in [6, 6.07) is 0. The van der Waals surface area contributed by atoms with Crippen LogP contribution in [0.5, 0.6) is 0 Å². The van der Waals surface area contributed by atoms with E-state index in [2.05, 4.69) is 27.7 Å². The van der Waals surface area contributed by atoms with Crippen LogP contribution >= 0.6 is 15.6 Å². The van der Waals surface area contributed by atoms with Gasteiger partial charge in [-0.25, -0.2) is 9.13 Å². The number of aliphatic hydroxyl groups excluding tert-OH is 1. The molecule has 17 nitrogen and oxygen atoms in total. The molecule has 0 rings (SSSR count). The summed E-state index contributed by atoms with van der Waals surface area (Å²) in [5.41, 5.74) is 0. The summed E-state index contributed by atoms with van der Waals surface area (Å²) >= 11 is 0. The highest BCUT2D eigenvalue weighted by Crippen LogP contribution is 2.45. The van der Waals surface area contributed by atoms with Gasteiger partial charge in [-0.15, -0.1) is 0 Å². The van der Waals surface area contributed by atoms with Crippen LogP contribution in [0.4, 0.5) is 0 Å². The molecule has 0 spiro atoms. The maximum absolute atomic E-state index is 13.1. The molecule has 5 atom stereocenters. The Balaban J connectivity index is 5.15. The van der Waals surface area contributed by atoms with Crippen molar-refractivity contribution in [1.82, 2.24) is 0 Å². The Morgan fingerprint density at radius 1 is 0.233 bits per heavy atom. The van der Waals surface area contributed by atoms with Crippen LogP contribution < -0.4 is 0 Å². The van der Waals surface area contributed by atoms with E-state index in [9.17, 15) is 43.2 Å². The number of rotatable bonds is 85. The molecule has 0 bridgehead atoms. The molecule has 0 aliphatic heterocycles.